The lowest BCUT2D eigenvalue weighted by Crippen LogP contribution is -2.35. The highest BCUT2D eigenvalue weighted by molar-refractivity contribution is 6.02. The van der Waals surface area contributed by atoms with Crippen LogP contribution in [0.4, 0.5) is 0 Å². The van der Waals surface area contributed by atoms with Gasteiger partial charge < -0.3 is 14.6 Å². The highest BCUT2D eigenvalue weighted by Gasteiger charge is 2.53. The van der Waals surface area contributed by atoms with Crippen molar-refractivity contribution in [3.63, 3.8) is 0 Å². The number of allylic oxidation sites excluding steroid dienone is 1. The van der Waals surface area contributed by atoms with Crippen LogP contribution in [0.5, 0.6) is 0 Å². The summed E-state index contributed by atoms with van der Waals surface area (Å²) in [5.41, 5.74) is 0. The zero-order valence-electron chi connectivity index (χ0n) is 13.1. The summed E-state index contributed by atoms with van der Waals surface area (Å²) in [6, 6.07) is 0. The molecule has 0 radical (unpaired) electrons. The Balaban J connectivity index is 1.74. The van der Waals surface area contributed by atoms with Gasteiger partial charge in [0.1, 0.15) is 6.10 Å². The van der Waals surface area contributed by atoms with Gasteiger partial charge in [-0.15, -0.1) is 0 Å². The van der Waals surface area contributed by atoms with Gasteiger partial charge >= 0.3 is 0 Å². The summed E-state index contributed by atoms with van der Waals surface area (Å²) < 4.78 is 11.7. The first-order chi connectivity index (χ1) is 10.3. The lowest BCUT2D eigenvalue weighted by molar-refractivity contribution is -0.167. The summed E-state index contributed by atoms with van der Waals surface area (Å²) in [5, 5.41) is 12.5. The molecular formula is C16H23NO5. The molecule has 22 heavy (non-hydrogen) atoms. The SMILES string of the molecule is CC1C(=O)NC(=O)C=CC1CC1CC(O)C2OC(C)(C)OC12. The molecule has 1 saturated carbocycles. The zero-order valence-corrected chi connectivity index (χ0v) is 13.1. The van der Waals surface area contributed by atoms with Crippen LogP contribution >= 0.6 is 0 Å². The van der Waals surface area contributed by atoms with E-state index in [1.807, 2.05) is 20.8 Å². The van der Waals surface area contributed by atoms with E-state index in [4.69, 9.17) is 9.47 Å². The van der Waals surface area contributed by atoms with Crippen molar-refractivity contribution in [1.29, 1.82) is 0 Å². The van der Waals surface area contributed by atoms with Crippen LogP contribution < -0.4 is 5.32 Å². The maximum Gasteiger partial charge on any atom is 0.250 e. The quantitative estimate of drug-likeness (QED) is 0.735. The summed E-state index contributed by atoms with van der Waals surface area (Å²) in [7, 11) is 0. The van der Waals surface area contributed by atoms with E-state index in [1.54, 1.807) is 6.08 Å². The number of ether oxygens (including phenoxy) is 2. The molecule has 6 nitrogen and oxygen atoms in total. The van der Waals surface area contributed by atoms with Gasteiger partial charge in [-0.25, -0.2) is 0 Å². The number of imide groups is 1. The Bertz CT molecular complexity index is 515. The first kappa shape index (κ1) is 15.6. The van der Waals surface area contributed by atoms with E-state index in [-0.39, 0.29) is 41.8 Å². The summed E-state index contributed by atoms with van der Waals surface area (Å²) in [5.74, 6) is -1.53. The van der Waals surface area contributed by atoms with Crippen molar-refractivity contribution >= 4 is 11.8 Å². The molecule has 122 valence electrons. The van der Waals surface area contributed by atoms with E-state index in [0.717, 1.165) is 0 Å². The molecule has 0 bridgehead atoms. The Hall–Kier alpha value is -1.24. The van der Waals surface area contributed by atoms with Crippen LogP contribution in [0.2, 0.25) is 0 Å². The average Bonchev–Trinajstić information content (AvgIpc) is 2.84. The van der Waals surface area contributed by atoms with E-state index < -0.39 is 11.9 Å². The van der Waals surface area contributed by atoms with E-state index in [9.17, 15) is 14.7 Å². The van der Waals surface area contributed by atoms with Crippen molar-refractivity contribution in [3.05, 3.63) is 12.2 Å². The van der Waals surface area contributed by atoms with Crippen LogP contribution in [0.15, 0.2) is 12.2 Å². The topological polar surface area (TPSA) is 84.9 Å². The van der Waals surface area contributed by atoms with E-state index in [1.165, 1.54) is 6.08 Å². The fourth-order valence-corrected chi connectivity index (χ4v) is 3.77. The summed E-state index contributed by atoms with van der Waals surface area (Å²) in [4.78, 5) is 23.4. The van der Waals surface area contributed by atoms with E-state index in [0.29, 0.717) is 12.8 Å². The monoisotopic (exact) mass is 309 g/mol. The molecule has 3 rings (SSSR count). The summed E-state index contributed by atoms with van der Waals surface area (Å²) in [6.45, 7) is 5.51. The third-order valence-electron chi connectivity index (χ3n) is 4.92. The van der Waals surface area contributed by atoms with Gasteiger partial charge in [0, 0.05) is 5.92 Å². The highest BCUT2D eigenvalue weighted by atomic mass is 16.8. The second kappa shape index (κ2) is 5.44. The van der Waals surface area contributed by atoms with Crippen LogP contribution in [0.25, 0.3) is 0 Å². The van der Waals surface area contributed by atoms with E-state index in [2.05, 4.69) is 5.32 Å². The fraction of sp³-hybridized carbons (Fsp3) is 0.750. The van der Waals surface area contributed by atoms with E-state index >= 15 is 0 Å². The van der Waals surface area contributed by atoms with Gasteiger partial charge in [-0.1, -0.05) is 13.0 Å². The number of carbonyl (C=O) groups is 2. The van der Waals surface area contributed by atoms with Crippen molar-refractivity contribution in [2.24, 2.45) is 17.8 Å². The molecule has 0 aromatic heterocycles. The predicted octanol–water partition coefficient (Wildman–Crippen LogP) is 0.742. The number of amides is 2. The molecule has 0 spiro atoms. The largest absolute Gasteiger partial charge is 0.390 e. The Kier molecular flexibility index (Phi) is 3.87. The van der Waals surface area contributed by atoms with Gasteiger partial charge in [0.2, 0.25) is 11.8 Å². The Morgan fingerprint density at radius 2 is 2.00 bits per heavy atom. The van der Waals surface area contributed by atoms with Crippen LogP contribution in [0, 0.1) is 17.8 Å². The minimum absolute atomic E-state index is 0.0466. The molecule has 6 unspecified atom stereocenters. The van der Waals surface area contributed by atoms with Gasteiger partial charge in [0.15, 0.2) is 5.79 Å². The molecule has 2 heterocycles. The van der Waals surface area contributed by atoms with Crippen LogP contribution in [0.1, 0.15) is 33.6 Å². The maximum atomic E-state index is 11.9. The minimum atomic E-state index is -0.687. The smallest absolute Gasteiger partial charge is 0.250 e. The van der Waals surface area contributed by atoms with Gasteiger partial charge in [0.25, 0.3) is 0 Å². The molecule has 0 aromatic carbocycles. The van der Waals surface area contributed by atoms with Crippen molar-refractivity contribution in [2.75, 3.05) is 0 Å². The molecule has 2 fully saturated rings. The Morgan fingerprint density at radius 3 is 2.73 bits per heavy atom. The number of aliphatic hydroxyl groups excluding tert-OH is 1. The first-order valence-electron chi connectivity index (χ1n) is 7.83. The van der Waals surface area contributed by atoms with Crippen LogP contribution in [-0.2, 0) is 19.1 Å². The molecule has 3 aliphatic rings. The molecule has 6 atom stereocenters. The molecular weight excluding hydrogens is 286 g/mol. The van der Waals surface area contributed by atoms with Gasteiger partial charge in [0.05, 0.1) is 12.2 Å². The third-order valence-corrected chi connectivity index (χ3v) is 4.92. The third kappa shape index (κ3) is 2.83. The van der Waals surface area contributed by atoms with Crippen molar-refractivity contribution in [1.82, 2.24) is 5.32 Å². The van der Waals surface area contributed by atoms with Crippen molar-refractivity contribution < 1.29 is 24.2 Å². The van der Waals surface area contributed by atoms with Gasteiger partial charge in [-0.05, 0) is 44.6 Å². The Morgan fingerprint density at radius 1 is 1.32 bits per heavy atom. The number of nitrogens with one attached hydrogen (secondary N) is 1. The van der Waals surface area contributed by atoms with Crippen molar-refractivity contribution in [2.45, 2.75) is 57.7 Å². The maximum absolute atomic E-state index is 11.9. The molecule has 6 heteroatoms. The molecule has 2 N–H and O–H groups in total. The highest BCUT2D eigenvalue weighted by Crippen LogP contribution is 2.44. The standard InChI is InChI=1S/C16H23NO5/c1-8-9(4-5-12(19)17-15(8)20)6-10-7-11(18)14-13(10)21-16(2,3)22-14/h4-5,8-11,13-14,18H,6-7H2,1-3H3,(H,17,19,20). The number of rotatable bonds is 2. The molecule has 1 saturated heterocycles. The van der Waals surface area contributed by atoms with Crippen LogP contribution in [0.3, 0.4) is 0 Å². The number of fused-ring (bicyclic) bond motifs is 1. The molecule has 2 amide bonds. The lowest BCUT2D eigenvalue weighted by atomic mass is 9.83. The predicted molar refractivity (Wildman–Crippen MR) is 77.5 cm³/mol. The van der Waals surface area contributed by atoms with Crippen molar-refractivity contribution in [3.8, 4) is 0 Å². The number of aliphatic hydroxyl groups is 1. The number of hydrogen-bond donors (Lipinski definition) is 2. The second-order valence-corrected chi connectivity index (χ2v) is 7.03. The molecule has 0 aromatic rings. The average molecular weight is 309 g/mol. The molecule has 1 aliphatic carbocycles. The minimum Gasteiger partial charge on any atom is -0.390 e. The summed E-state index contributed by atoms with van der Waals surface area (Å²) in [6.07, 6.45) is 3.50. The van der Waals surface area contributed by atoms with Crippen LogP contribution in [-0.4, -0.2) is 41.0 Å². The number of hydrogen-bond acceptors (Lipinski definition) is 5. The fourth-order valence-electron chi connectivity index (χ4n) is 3.77. The summed E-state index contributed by atoms with van der Waals surface area (Å²) >= 11 is 0. The number of carbonyl (C=O) groups excluding carboxylic acids is 2. The zero-order chi connectivity index (χ0) is 16.1. The van der Waals surface area contributed by atoms with Gasteiger partial charge in [-0.2, -0.15) is 0 Å². The molecule has 2 aliphatic heterocycles. The first-order valence-corrected chi connectivity index (χ1v) is 7.83. The lowest BCUT2D eigenvalue weighted by Gasteiger charge is -2.26. The normalized spacial score (nSPS) is 43.8. The second-order valence-electron chi connectivity index (χ2n) is 7.03. The Labute approximate surface area is 129 Å². The van der Waals surface area contributed by atoms with Gasteiger partial charge in [-0.3, -0.25) is 14.9 Å².